The Balaban J connectivity index is 0.00000338. The summed E-state index contributed by atoms with van der Waals surface area (Å²) in [7, 11) is 0. The molecule has 26 heavy (non-hydrogen) atoms. The van der Waals surface area contributed by atoms with Crippen LogP contribution in [0.15, 0.2) is 29.3 Å². The van der Waals surface area contributed by atoms with Gasteiger partial charge in [-0.15, -0.1) is 24.0 Å². The molecule has 1 aromatic carbocycles. The molecule has 2 N–H and O–H groups in total. The zero-order chi connectivity index (χ0) is 18.3. The van der Waals surface area contributed by atoms with Crippen LogP contribution in [-0.2, 0) is 5.41 Å². The van der Waals surface area contributed by atoms with Crippen molar-refractivity contribution in [3.63, 3.8) is 0 Å². The van der Waals surface area contributed by atoms with Crippen molar-refractivity contribution in [3.8, 4) is 0 Å². The summed E-state index contributed by atoms with van der Waals surface area (Å²) in [6.45, 7) is 14.4. The zero-order valence-electron chi connectivity index (χ0n) is 16.5. The molecule has 1 unspecified atom stereocenters. The number of guanidine groups is 1. The number of halogens is 2. The molecule has 0 bridgehead atoms. The maximum absolute atomic E-state index is 13.5. The SMILES string of the molecule is CCNC(=NCC(C)(C)c1cccc(F)c1)NCC1CCN(CC)C1.I. The summed E-state index contributed by atoms with van der Waals surface area (Å²) in [5.74, 6) is 1.34. The van der Waals surface area contributed by atoms with E-state index in [-0.39, 0.29) is 35.2 Å². The summed E-state index contributed by atoms with van der Waals surface area (Å²) >= 11 is 0. The van der Waals surface area contributed by atoms with E-state index in [0.29, 0.717) is 12.5 Å². The summed E-state index contributed by atoms with van der Waals surface area (Å²) < 4.78 is 13.5. The first kappa shape index (κ1) is 23.1. The molecular weight excluding hydrogens is 442 g/mol. The van der Waals surface area contributed by atoms with Crippen molar-refractivity contribution in [1.29, 1.82) is 0 Å². The fourth-order valence-corrected chi connectivity index (χ4v) is 3.23. The van der Waals surface area contributed by atoms with E-state index in [4.69, 9.17) is 4.99 Å². The molecule has 1 fully saturated rings. The van der Waals surface area contributed by atoms with Gasteiger partial charge in [0.05, 0.1) is 6.54 Å². The predicted molar refractivity (Wildman–Crippen MR) is 119 cm³/mol. The number of benzene rings is 1. The van der Waals surface area contributed by atoms with Gasteiger partial charge in [0.15, 0.2) is 5.96 Å². The van der Waals surface area contributed by atoms with Gasteiger partial charge in [-0.25, -0.2) is 4.39 Å². The lowest BCUT2D eigenvalue weighted by Gasteiger charge is -2.24. The van der Waals surface area contributed by atoms with E-state index >= 15 is 0 Å². The average Bonchev–Trinajstić information content (AvgIpc) is 3.05. The maximum Gasteiger partial charge on any atom is 0.191 e. The van der Waals surface area contributed by atoms with Gasteiger partial charge < -0.3 is 15.5 Å². The number of hydrogen-bond acceptors (Lipinski definition) is 2. The Bertz CT molecular complexity index is 577. The van der Waals surface area contributed by atoms with Crippen LogP contribution in [0.1, 0.15) is 39.7 Å². The molecule has 4 nitrogen and oxygen atoms in total. The van der Waals surface area contributed by atoms with Gasteiger partial charge in [-0.2, -0.15) is 0 Å². The topological polar surface area (TPSA) is 39.7 Å². The lowest BCUT2D eigenvalue weighted by atomic mass is 9.85. The first-order chi connectivity index (χ1) is 11.9. The summed E-state index contributed by atoms with van der Waals surface area (Å²) in [4.78, 5) is 7.24. The Morgan fingerprint density at radius 2 is 2.08 bits per heavy atom. The lowest BCUT2D eigenvalue weighted by Crippen LogP contribution is -2.41. The largest absolute Gasteiger partial charge is 0.357 e. The Morgan fingerprint density at radius 1 is 1.31 bits per heavy atom. The van der Waals surface area contributed by atoms with E-state index in [9.17, 15) is 4.39 Å². The van der Waals surface area contributed by atoms with Crippen LogP contribution in [0.5, 0.6) is 0 Å². The molecular formula is C20H34FIN4. The number of hydrogen-bond donors (Lipinski definition) is 2. The fraction of sp³-hybridized carbons (Fsp3) is 0.650. The fourth-order valence-electron chi connectivity index (χ4n) is 3.23. The highest BCUT2D eigenvalue weighted by atomic mass is 127. The second-order valence-corrected chi connectivity index (χ2v) is 7.52. The number of nitrogens with zero attached hydrogens (tertiary/aromatic N) is 2. The number of nitrogens with one attached hydrogen (secondary N) is 2. The molecule has 1 aliphatic rings. The van der Waals surface area contributed by atoms with Gasteiger partial charge in [-0.1, -0.05) is 32.9 Å². The van der Waals surface area contributed by atoms with E-state index in [1.54, 1.807) is 12.1 Å². The van der Waals surface area contributed by atoms with Crippen LogP contribution in [0.4, 0.5) is 4.39 Å². The van der Waals surface area contributed by atoms with Crippen LogP contribution in [-0.4, -0.2) is 50.1 Å². The number of aliphatic imine (C=N–C) groups is 1. The van der Waals surface area contributed by atoms with Gasteiger partial charge >= 0.3 is 0 Å². The quantitative estimate of drug-likeness (QED) is 0.359. The van der Waals surface area contributed by atoms with Crippen LogP contribution < -0.4 is 10.6 Å². The van der Waals surface area contributed by atoms with Crippen molar-refractivity contribution in [1.82, 2.24) is 15.5 Å². The van der Waals surface area contributed by atoms with Gasteiger partial charge in [0, 0.05) is 25.0 Å². The molecule has 1 aliphatic heterocycles. The molecule has 1 atom stereocenters. The van der Waals surface area contributed by atoms with Crippen LogP contribution in [0.3, 0.4) is 0 Å². The van der Waals surface area contributed by atoms with Crippen molar-refractivity contribution in [2.75, 3.05) is 39.3 Å². The highest BCUT2D eigenvalue weighted by Crippen LogP contribution is 2.24. The molecule has 1 saturated heterocycles. The predicted octanol–water partition coefficient (Wildman–Crippen LogP) is 3.62. The monoisotopic (exact) mass is 476 g/mol. The third-order valence-corrected chi connectivity index (χ3v) is 4.96. The summed E-state index contributed by atoms with van der Waals surface area (Å²) in [6, 6.07) is 6.82. The minimum atomic E-state index is -0.211. The second-order valence-electron chi connectivity index (χ2n) is 7.52. The highest BCUT2D eigenvalue weighted by molar-refractivity contribution is 14.0. The molecule has 6 heteroatoms. The number of likely N-dealkylation sites (tertiary alicyclic amines) is 1. The third-order valence-electron chi connectivity index (χ3n) is 4.96. The van der Waals surface area contributed by atoms with Crippen molar-refractivity contribution in [2.24, 2.45) is 10.9 Å². The van der Waals surface area contributed by atoms with Crippen LogP contribution in [0.2, 0.25) is 0 Å². The highest BCUT2D eigenvalue weighted by Gasteiger charge is 2.22. The molecule has 148 valence electrons. The molecule has 1 heterocycles. The van der Waals surface area contributed by atoms with Gasteiger partial charge in [-0.3, -0.25) is 4.99 Å². The zero-order valence-corrected chi connectivity index (χ0v) is 18.8. The number of rotatable bonds is 7. The first-order valence-corrected chi connectivity index (χ1v) is 9.45. The Morgan fingerprint density at radius 3 is 2.69 bits per heavy atom. The van der Waals surface area contributed by atoms with Crippen LogP contribution in [0, 0.1) is 11.7 Å². The summed E-state index contributed by atoms with van der Waals surface area (Å²) in [6.07, 6.45) is 1.25. The van der Waals surface area contributed by atoms with Gasteiger partial charge in [-0.05, 0) is 50.0 Å². The molecule has 1 aromatic rings. The molecule has 0 aromatic heterocycles. The molecule has 0 aliphatic carbocycles. The van der Waals surface area contributed by atoms with E-state index in [0.717, 1.165) is 37.7 Å². The van der Waals surface area contributed by atoms with Crippen molar-refractivity contribution in [3.05, 3.63) is 35.6 Å². The first-order valence-electron chi connectivity index (χ1n) is 9.45. The Labute approximate surface area is 175 Å². The molecule has 0 amide bonds. The molecule has 0 spiro atoms. The average molecular weight is 476 g/mol. The Kier molecular flexibility index (Phi) is 9.85. The lowest BCUT2D eigenvalue weighted by molar-refractivity contribution is 0.341. The van der Waals surface area contributed by atoms with E-state index < -0.39 is 0 Å². The summed E-state index contributed by atoms with van der Waals surface area (Å²) in [5, 5.41) is 6.80. The molecule has 2 rings (SSSR count). The maximum atomic E-state index is 13.5. The minimum absolute atomic E-state index is 0. The van der Waals surface area contributed by atoms with Gasteiger partial charge in [0.2, 0.25) is 0 Å². The third kappa shape index (κ3) is 7.02. The van der Waals surface area contributed by atoms with Gasteiger partial charge in [0.25, 0.3) is 0 Å². The Hall–Kier alpha value is -0.890. The van der Waals surface area contributed by atoms with Crippen LogP contribution >= 0.6 is 24.0 Å². The van der Waals surface area contributed by atoms with E-state index in [1.807, 2.05) is 6.07 Å². The molecule has 0 saturated carbocycles. The second kappa shape index (κ2) is 11.1. The van der Waals surface area contributed by atoms with Gasteiger partial charge in [0.1, 0.15) is 5.82 Å². The van der Waals surface area contributed by atoms with Crippen molar-refractivity contribution < 1.29 is 4.39 Å². The van der Waals surface area contributed by atoms with Crippen molar-refractivity contribution >= 4 is 29.9 Å². The van der Waals surface area contributed by atoms with E-state index in [2.05, 4.69) is 43.2 Å². The van der Waals surface area contributed by atoms with Crippen molar-refractivity contribution in [2.45, 2.75) is 39.5 Å². The standard InChI is InChI=1S/C20H33FN4.HI/c1-5-22-19(23-13-16-10-11-25(6-2)14-16)24-15-20(3,4)17-8-7-9-18(21)12-17;/h7-9,12,16H,5-6,10-11,13-15H2,1-4H3,(H2,22,23,24);1H. The normalized spacial score (nSPS) is 18.5. The smallest absolute Gasteiger partial charge is 0.191 e. The summed E-state index contributed by atoms with van der Waals surface area (Å²) in [5.41, 5.74) is 0.762. The van der Waals surface area contributed by atoms with Crippen LogP contribution in [0.25, 0.3) is 0 Å². The van der Waals surface area contributed by atoms with E-state index in [1.165, 1.54) is 19.0 Å². The molecule has 0 radical (unpaired) electrons. The minimum Gasteiger partial charge on any atom is -0.357 e.